The van der Waals surface area contributed by atoms with Crippen LogP contribution in [0.5, 0.6) is 5.75 Å². The maximum atomic E-state index is 9.21. The van der Waals surface area contributed by atoms with Crippen molar-refractivity contribution < 1.29 is 9.84 Å². The smallest absolute Gasteiger partial charge is 0.126 e. The molecule has 1 aromatic carbocycles. The van der Waals surface area contributed by atoms with Crippen LogP contribution in [0.3, 0.4) is 0 Å². The van der Waals surface area contributed by atoms with Crippen molar-refractivity contribution >= 4 is 6.08 Å². The fourth-order valence-corrected chi connectivity index (χ4v) is 1.79. The number of allylic oxidation sites excluding steroid dienone is 1. The van der Waals surface area contributed by atoms with Crippen LogP contribution in [0.1, 0.15) is 50.7 Å². The van der Waals surface area contributed by atoms with E-state index in [1.54, 1.807) is 7.11 Å². The molecule has 0 aromatic heterocycles. The zero-order valence-corrected chi connectivity index (χ0v) is 11.8. The molecule has 0 unspecified atom stereocenters. The van der Waals surface area contributed by atoms with Crippen LogP contribution in [0.2, 0.25) is 0 Å². The van der Waals surface area contributed by atoms with Crippen LogP contribution in [-0.2, 0) is 0 Å². The molecule has 18 heavy (non-hydrogen) atoms. The highest BCUT2D eigenvalue weighted by Crippen LogP contribution is 2.25. The molecule has 1 rings (SSSR count). The van der Waals surface area contributed by atoms with Gasteiger partial charge in [0.25, 0.3) is 0 Å². The Morgan fingerprint density at radius 3 is 2.56 bits per heavy atom. The highest BCUT2D eigenvalue weighted by molar-refractivity contribution is 5.58. The Morgan fingerprint density at radius 2 is 2.00 bits per heavy atom. The predicted octanol–water partition coefficient (Wildman–Crippen LogP) is 3.99. The third-order valence-corrected chi connectivity index (χ3v) is 2.97. The van der Waals surface area contributed by atoms with E-state index in [1.807, 2.05) is 13.0 Å². The van der Waals surface area contributed by atoms with Crippen LogP contribution in [0.15, 0.2) is 24.3 Å². The summed E-state index contributed by atoms with van der Waals surface area (Å²) in [4.78, 5) is 0. The van der Waals surface area contributed by atoms with Gasteiger partial charge >= 0.3 is 0 Å². The SMILES string of the molecule is COc1ccc(C(C)C)cc1C=CCC[C@@H](C)O. The highest BCUT2D eigenvalue weighted by Gasteiger charge is 2.04. The molecule has 0 heterocycles. The number of hydrogen-bond acceptors (Lipinski definition) is 2. The summed E-state index contributed by atoms with van der Waals surface area (Å²) in [6.07, 6.45) is 5.61. The van der Waals surface area contributed by atoms with E-state index in [0.717, 1.165) is 24.2 Å². The molecule has 0 fully saturated rings. The second-order valence-electron chi connectivity index (χ2n) is 4.98. The minimum absolute atomic E-state index is 0.237. The fraction of sp³-hybridized carbons (Fsp3) is 0.500. The second kappa shape index (κ2) is 7.22. The van der Waals surface area contributed by atoms with E-state index in [9.17, 15) is 5.11 Å². The van der Waals surface area contributed by atoms with Gasteiger partial charge in [-0.1, -0.05) is 32.1 Å². The van der Waals surface area contributed by atoms with Crippen molar-refractivity contribution in [3.05, 3.63) is 35.4 Å². The first-order valence-electron chi connectivity index (χ1n) is 6.57. The summed E-state index contributed by atoms with van der Waals surface area (Å²) in [7, 11) is 1.69. The predicted molar refractivity (Wildman–Crippen MR) is 77.0 cm³/mol. The van der Waals surface area contributed by atoms with Gasteiger partial charge in [0, 0.05) is 5.56 Å². The van der Waals surface area contributed by atoms with E-state index in [2.05, 4.69) is 38.1 Å². The molecule has 100 valence electrons. The summed E-state index contributed by atoms with van der Waals surface area (Å²) in [5, 5.41) is 9.21. The summed E-state index contributed by atoms with van der Waals surface area (Å²) in [5.74, 6) is 1.41. The van der Waals surface area contributed by atoms with E-state index in [0.29, 0.717) is 5.92 Å². The van der Waals surface area contributed by atoms with Crippen molar-refractivity contribution in [2.45, 2.75) is 45.6 Å². The van der Waals surface area contributed by atoms with Crippen molar-refractivity contribution in [1.82, 2.24) is 0 Å². The van der Waals surface area contributed by atoms with Crippen LogP contribution in [-0.4, -0.2) is 18.3 Å². The largest absolute Gasteiger partial charge is 0.496 e. The number of aliphatic hydroxyl groups excluding tert-OH is 1. The molecule has 0 aliphatic carbocycles. The van der Waals surface area contributed by atoms with Crippen LogP contribution < -0.4 is 4.74 Å². The third-order valence-electron chi connectivity index (χ3n) is 2.97. The quantitative estimate of drug-likeness (QED) is 0.824. The Balaban J connectivity index is 2.81. The van der Waals surface area contributed by atoms with Gasteiger partial charge in [0.2, 0.25) is 0 Å². The fourth-order valence-electron chi connectivity index (χ4n) is 1.79. The van der Waals surface area contributed by atoms with Crippen molar-refractivity contribution in [3.8, 4) is 5.75 Å². The Kier molecular flexibility index (Phi) is 5.93. The van der Waals surface area contributed by atoms with E-state index in [-0.39, 0.29) is 6.10 Å². The van der Waals surface area contributed by atoms with E-state index in [1.165, 1.54) is 5.56 Å². The molecule has 0 spiro atoms. The highest BCUT2D eigenvalue weighted by atomic mass is 16.5. The molecular weight excluding hydrogens is 224 g/mol. The van der Waals surface area contributed by atoms with Gasteiger partial charge in [0.05, 0.1) is 13.2 Å². The Morgan fingerprint density at radius 1 is 1.28 bits per heavy atom. The molecule has 1 N–H and O–H groups in total. The second-order valence-corrected chi connectivity index (χ2v) is 4.98. The van der Waals surface area contributed by atoms with Gasteiger partial charge in [0.15, 0.2) is 0 Å². The topological polar surface area (TPSA) is 29.5 Å². The Labute approximate surface area is 110 Å². The summed E-state index contributed by atoms with van der Waals surface area (Å²) in [6, 6.07) is 6.29. The maximum absolute atomic E-state index is 9.21. The average molecular weight is 248 g/mol. The summed E-state index contributed by atoms with van der Waals surface area (Å²) in [5.41, 5.74) is 2.42. The van der Waals surface area contributed by atoms with Crippen molar-refractivity contribution in [1.29, 1.82) is 0 Å². The van der Waals surface area contributed by atoms with Gasteiger partial charge in [-0.15, -0.1) is 0 Å². The van der Waals surface area contributed by atoms with E-state index < -0.39 is 0 Å². The lowest BCUT2D eigenvalue weighted by Crippen LogP contribution is -1.97. The lowest BCUT2D eigenvalue weighted by atomic mass is 10.00. The number of hydrogen-bond donors (Lipinski definition) is 1. The monoisotopic (exact) mass is 248 g/mol. The van der Waals surface area contributed by atoms with Crippen molar-refractivity contribution in [2.75, 3.05) is 7.11 Å². The lowest BCUT2D eigenvalue weighted by Gasteiger charge is -2.10. The summed E-state index contributed by atoms with van der Waals surface area (Å²) >= 11 is 0. The zero-order chi connectivity index (χ0) is 13.5. The molecule has 2 nitrogen and oxygen atoms in total. The molecule has 2 heteroatoms. The van der Waals surface area contributed by atoms with Crippen molar-refractivity contribution in [2.24, 2.45) is 0 Å². The normalized spacial score (nSPS) is 13.2. The number of aliphatic hydroxyl groups is 1. The van der Waals surface area contributed by atoms with Crippen LogP contribution >= 0.6 is 0 Å². The number of methoxy groups -OCH3 is 1. The molecule has 0 saturated heterocycles. The van der Waals surface area contributed by atoms with Gasteiger partial charge in [-0.25, -0.2) is 0 Å². The zero-order valence-electron chi connectivity index (χ0n) is 11.8. The van der Waals surface area contributed by atoms with E-state index in [4.69, 9.17) is 4.74 Å². The molecular formula is C16H24O2. The molecule has 0 bridgehead atoms. The minimum Gasteiger partial charge on any atom is -0.496 e. The average Bonchev–Trinajstić information content (AvgIpc) is 2.34. The summed E-state index contributed by atoms with van der Waals surface area (Å²) < 4.78 is 5.36. The van der Waals surface area contributed by atoms with Gasteiger partial charge < -0.3 is 9.84 Å². The minimum atomic E-state index is -0.237. The molecule has 0 radical (unpaired) electrons. The van der Waals surface area contributed by atoms with Gasteiger partial charge in [0.1, 0.15) is 5.75 Å². The van der Waals surface area contributed by atoms with E-state index >= 15 is 0 Å². The van der Waals surface area contributed by atoms with Crippen LogP contribution in [0.25, 0.3) is 6.08 Å². The molecule has 0 amide bonds. The maximum Gasteiger partial charge on any atom is 0.126 e. The Bertz CT molecular complexity index is 392. The Hall–Kier alpha value is -1.28. The molecule has 0 aliphatic rings. The van der Waals surface area contributed by atoms with Crippen molar-refractivity contribution in [3.63, 3.8) is 0 Å². The lowest BCUT2D eigenvalue weighted by molar-refractivity contribution is 0.186. The molecule has 0 saturated carbocycles. The molecule has 1 atom stereocenters. The number of benzene rings is 1. The van der Waals surface area contributed by atoms with Gasteiger partial charge in [-0.2, -0.15) is 0 Å². The standard InChI is InChI=1S/C16H24O2/c1-12(2)14-9-10-16(18-4)15(11-14)8-6-5-7-13(3)17/h6,8-13,17H,5,7H2,1-4H3/t13-/m1/s1. The first-order chi connectivity index (χ1) is 8.54. The summed E-state index contributed by atoms with van der Waals surface area (Å²) in [6.45, 7) is 6.18. The number of ether oxygens (including phenoxy) is 1. The molecule has 0 aliphatic heterocycles. The first-order valence-corrected chi connectivity index (χ1v) is 6.57. The first kappa shape index (κ1) is 14.8. The van der Waals surface area contributed by atoms with Gasteiger partial charge in [-0.05, 0) is 43.4 Å². The number of rotatable bonds is 6. The van der Waals surface area contributed by atoms with Crippen LogP contribution in [0, 0.1) is 0 Å². The van der Waals surface area contributed by atoms with Gasteiger partial charge in [-0.3, -0.25) is 0 Å². The molecule has 1 aromatic rings. The third kappa shape index (κ3) is 4.53. The van der Waals surface area contributed by atoms with Crippen LogP contribution in [0.4, 0.5) is 0 Å².